The first-order chi connectivity index (χ1) is 9.79. The zero-order valence-corrected chi connectivity index (χ0v) is 11.8. The number of nitrogens with one attached hydrogen (secondary N) is 1. The van der Waals surface area contributed by atoms with Gasteiger partial charge in [-0.1, -0.05) is 36.3 Å². The van der Waals surface area contributed by atoms with E-state index < -0.39 is 5.60 Å². The minimum absolute atomic E-state index is 0.303. The van der Waals surface area contributed by atoms with Gasteiger partial charge in [0.25, 0.3) is 0 Å². The highest BCUT2D eigenvalue weighted by atomic mass is 16.5. The molecule has 1 saturated heterocycles. The second-order valence-corrected chi connectivity index (χ2v) is 5.75. The van der Waals surface area contributed by atoms with Gasteiger partial charge in [-0.05, 0) is 24.3 Å². The van der Waals surface area contributed by atoms with E-state index in [1.165, 1.54) is 4.90 Å². The summed E-state index contributed by atoms with van der Waals surface area (Å²) in [6, 6.07) is 9.88. The van der Waals surface area contributed by atoms with Gasteiger partial charge in [-0.3, -0.25) is 0 Å². The van der Waals surface area contributed by atoms with Crippen LogP contribution >= 0.6 is 0 Å². The Morgan fingerprint density at radius 2 is 1.90 bits per heavy atom. The van der Waals surface area contributed by atoms with Crippen molar-refractivity contribution in [3.63, 3.8) is 0 Å². The van der Waals surface area contributed by atoms with Gasteiger partial charge < -0.3 is 14.7 Å². The number of rotatable bonds is 3. The molecule has 1 heterocycles. The lowest BCUT2D eigenvalue weighted by molar-refractivity contribution is -0.900. The Hall–Kier alpha value is -1.34. The maximum Gasteiger partial charge on any atom is 0.153 e. The SMILES string of the molecule is O[C@](C#CC[NH+]1CCOCC1)(c1ccccc1)C1CC1. The van der Waals surface area contributed by atoms with Crippen molar-refractivity contribution in [1.29, 1.82) is 0 Å². The van der Waals surface area contributed by atoms with Crippen molar-refractivity contribution < 1.29 is 14.7 Å². The van der Waals surface area contributed by atoms with Crippen LogP contribution in [-0.2, 0) is 10.3 Å². The number of ether oxygens (including phenoxy) is 1. The third kappa shape index (κ3) is 3.04. The van der Waals surface area contributed by atoms with Crippen LogP contribution in [0.2, 0.25) is 0 Å². The molecule has 2 N–H and O–H groups in total. The number of aliphatic hydroxyl groups is 1. The Bertz CT molecular complexity index is 495. The van der Waals surface area contributed by atoms with E-state index in [-0.39, 0.29) is 0 Å². The fraction of sp³-hybridized carbons (Fsp3) is 0.529. The largest absolute Gasteiger partial charge is 0.373 e. The molecule has 1 aliphatic heterocycles. The van der Waals surface area contributed by atoms with Crippen molar-refractivity contribution in [2.24, 2.45) is 5.92 Å². The van der Waals surface area contributed by atoms with E-state index in [1.54, 1.807) is 0 Å². The molecule has 2 fully saturated rings. The first kappa shape index (κ1) is 13.6. The molecule has 1 atom stereocenters. The summed E-state index contributed by atoms with van der Waals surface area (Å²) in [5.74, 6) is 6.69. The van der Waals surface area contributed by atoms with Crippen molar-refractivity contribution in [2.45, 2.75) is 18.4 Å². The van der Waals surface area contributed by atoms with Gasteiger partial charge in [0.1, 0.15) is 19.6 Å². The zero-order valence-electron chi connectivity index (χ0n) is 11.8. The lowest BCUT2D eigenvalue weighted by Crippen LogP contribution is -3.14. The summed E-state index contributed by atoms with van der Waals surface area (Å²) >= 11 is 0. The monoisotopic (exact) mass is 272 g/mol. The standard InChI is InChI=1S/C17H21NO2/c19-17(16-7-8-16,15-5-2-1-3-6-15)9-4-10-18-11-13-20-14-12-18/h1-3,5-6,16,19H,7-8,10-14H2/p+1/t17-/m1/s1. The van der Waals surface area contributed by atoms with Gasteiger partial charge in [0.05, 0.1) is 13.2 Å². The summed E-state index contributed by atoms with van der Waals surface area (Å²) in [6.07, 6.45) is 2.15. The first-order valence-corrected chi connectivity index (χ1v) is 7.48. The second kappa shape index (κ2) is 5.97. The summed E-state index contributed by atoms with van der Waals surface area (Å²) < 4.78 is 5.35. The van der Waals surface area contributed by atoms with Gasteiger partial charge in [-0.15, -0.1) is 0 Å². The molecular weight excluding hydrogens is 250 g/mol. The third-order valence-corrected chi connectivity index (χ3v) is 4.20. The van der Waals surface area contributed by atoms with Gasteiger partial charge in [-0.25, -0.2) is 0 Å². The average molecular weight is 272 g/mol. The molecule has 3 nitrogen and oxygen atoms in total. The molecule has 106 valence electrons. The summed E-state index contributed by atoms with van der Waals surface area (Å²) in [6.45, 7) is 4.47. The van der Waals surface area contributed by atoms with Crippen LogP contribution in [0.25, 0.3) is 0 Å². The Morgan fingerprint density at radius 1 is 1.20 bits per heavy atom. The highest BCUT2D eigenvalue weighted by molar-refractivity contribution is 5.34. The minimum Gasteiger partial charge on any atom is -0.373 e. The molecule has 1 saturated carbocycles. The van der Waals surface area contributed by atoms with Gasteiger partial charge in [0.2, 0.25) is 0 Å². The minimum atomic E-state index is -0.951. The van der Waals surface area contributed by atoms with Crippen LogP contribution in [-0.4, -0.2) is 38.0 Å². The molecular formula is C17H22NO2+. The Labute approximate surface area is 120 Å². The summed E-state index contributed by atoms with van der Waals surface area (Å²) in [5, 5.41) is 10.9. The van der Waals surface area contributed by atoms with Crippen molar-refractivity contribution in [3.8, 4) is 11.8 Å². The molecule has 0 amide bonds. The number of benzene rings is 1. The molecule has 1 aromatic rings. The molecule has 3 rings (SSSR count). The molecule has 1 aromatic carbocycles. The molecule has 0 spiro atoms. The zero-order chi connectivity index (χ0) is 13.8. The molecule has 3 heteroatoms. The average Bonchev–Trinajstić information content (AvgIpc) is 3.34. The second-order valence-electron chi connectivity index (χ2n) is 5.75. The normalized spacial score (nSPS) is 22.6. The molecule has 20 heavy (non-hydrogen) atoms. The fourth-order valence-corrected chi connectivity index (χ4v) is 2.74. The summed E-state index contributed by atoms with van der Waals surface area (Å²) in [4.78, 5) is 1.45. The van der Waals surface area contributed by atoms with E-state index in [1.807, 2.05) is 30.3 Å². The number of quaternary nitrogens is 1. The Balaban J connectivity index is 1.71. The summed E-state index contributed by atoms with van der Waals surface area (Å²) in [7, 11) is 0. The van der Waals surface area contributed by atoms with Crippen molar-refractivity contribution in [1.82, 2.24) is 0 Å². The van der Waals surface area contributed by atoms with Gasteiger partial charge >= 0.3 is 0 Å². The van der Waals surface area contributed by atoms with Crippen LogP contribution < -0.4 is 4.90 Å². The number of hydrogen-bond acceptors (Lipinski definition) is 2. The van der Waals surface area contributed by atoms with Crippen molar-refractivity contribution >= 4 is 0 Å². The molecule has 1 aliphatic carbocycles. The van der Waals surface area contributed by atoms with E-state index in [0.717, 1.165) is 51.3 Å². The molecule has 0 radical (unpaired) electrons. The lowest BCUT2D eigenvalue weighted by Gasteiger charge is -2.24. The molecule has 2 aliphatic rings. The van der Waals surface area contributed by atoms with E-state index in [4.69, 9.17) is 4.74 Å². The van der Waals surface area contributed by atoms with Crippen molar-refractivity contribution in [3.05, 3.63) is 35.9 Å². The van der Waals surface area contributed by atoms with Gasteiger partial charge in [0.15, 0.2) is 5.60 Å². The van der Waals surface area contributed by atoms with E-state index in [0.29, 0.717) is 5.92 Å². The fourth-order valence-electron chi connectivity index (χ4n) is 2.74. The van der Waals surface area contributed by atoms with Crippen LogP contribution in [0, 0.1) is 17.8 Å². The van der Waals surface area contributed by atoms with Gasteiger partial charge in [-0.2, -0.15) is 0 Å². The van der Waals surface area contributed by atoms with Gasteiger partial charge in [0, 0.05) is 5.92 Å². The lowest BCUT2D eigenvalue weighted by atomic mass is 9.89. The van der Waals surface area contributed by atoms with Crippen LogP contribution in [0.3, 0.4) is 0 Å². The predicted molar refractivity (Wildman–Crippen MR) is 77.2 cm³/mol. The first-order valence-electron chi connectivity index (χ1n) is 7.48. The highest BCUT2D eigenvalue weighted by Gasteiger charge is 2.44. The van der Waals surface area contributed by atoms with E-state index in [9.17, 15) is 5.11 Å². The third-order valence-electron chi connectivity index (χ3n) is 4.20. The van der Waals surface area contributed by atoms with Crippen molar-refractivity contribution in [2.75, 3.05) is 32.8 Å². The number of morpholine rings is 1. The molecule has 0 aromatic heterocycles. The van der Waals surface area contributed by atoms with Crippen LogP contribution in [0.4, 0.5) is 0 Å². The molecule has 0 unspecified atom stereocenters. The topological polar surface area (TPSA) is 33.9 Å². The van der Waals surface area contributed by atoms with Crippen LogP contribution in [0.15, 0.2) is 30.3 Å². The smallest absolute Gasteiger partial charge is 0.153 e. The number of hydrogen-bond donors (Lipinski definition) is 2. The van der Waals surface area contributed by atoms with Crippen LogP contribution in [0.5, 0.6) is 0 Å². The quantitative estimate of drug-likeness (QED) is 0.771. The van der Waals surface area contributed by atoms with E-state index >= 15 is 0 Å². The summed E-state index contributed by atoms with van der Waals surface area (Å²) in [5.41, 5.74) is -0.0144. The highest BCUT2D eigenvalue weighted by Crippen LogP contribution is 2.45. The maximum absolute atomic E-state index is 10.9. The van der Waals surface area contributed by atoms with Crippen LogP contribution in [0.1, 0.15) is 18.4 Å². The predicted octanol–water partition coefficient (Wildman–Crippen LogP) is 0.203. The Kier molecular flexibility index (Phi) is 4.07. The maximum atomic E-state index is 10.9. The Morgan fingerprint density at radius 3 is 2.55 bits per heavy atom. The van der Waals surface area contributed by atoms with E-state index in [2.05, 4.69) is 11.8 Å². The molecule has 0 bridgehead atoms.